The van der Waals surface area contributed by atoms with Gasteiger partial charge in [-0.05, 0) is 35.8 Å². The highest BCUT2D eigenvalue weighted by atomic mass is 35.5. The van der Waals surface area contributed by atoms with Gasteiger partial charge in [0.15, 0.2) is 0 Å². The van der Waals surface area contributed by atoms with E-state index in [0.717, 1.165) is 18.2 Å². The molecule has 0 amide bonds. The van der Waals surface area contributed by atoms with E-state index < -0.39 is 0 Å². The van der Waals surface area contributed by atoms with E-state index in [0.29, 0.717) is 5.92 Å². The van der Waals surface area contributed by atoms with Crippen molar-refractivity contribution in [2.24, 2.45) is 11.8 Å². The van der Waals surface area contributed by atoms with Crippen molar-refractivity contribution in [2.45, 2.75) is 33.6 Å². The van der Waals surface area contributed by atoms with Gasteiger partial charge in [0.1, 0.15) is 0 Å². The average Bonchev–Trinajstić information content (AvgIpc) is 2.17. The Hall–Kier alpha value is -0.490. The second kappa shape index (κ2) is 6.17. The van der Waals surface area contributed by atoms with Gasteiger partial charge < -0.3 is 0 Å². The van der Waals surface area contributed by atoms with Crippen molar-refractivity contribution in [3.63, 3.8) is 0 Å². The van der Waals surface area contributed by atoms with Gasteiger partial charge in [-0.3, -0.25) is 0 Å². The zero-order valence-electron chi connectivity index (χ0n) is 9.96. The van der Waals surface area contributed by atoms with Crippen LogP contribution in [0.4, 0.5) is 0 Å². The van der Waals surface area contributed by atoms with Crippen LogP contribution < -0.4 is 0 Å². The fraction of sp³-hybridized carbons (Fsp3) is 0.571. The van der Waals surface area contributed by atoms with Gasteiger partial charge in [-0.2, -0.15) is 0 Å². The van der Waals surface area contributed by atoms with Gasteiger partial charge in [0.2, 0.25) is 0 Å². The zero-order chi connectivity index (χ0) is 11.3. The first-order chi connectivity index (χ1) is 7.11. The van der Waals surface area contributed by atoms with E-state index in [2.05, 4.69) is 45.0 Å². The number of rotatable bonds is 5. The summed E-state index contributed by atoms with van der Waals surface area (Å²) in [4.78, 5) is 0. The van der Waals surface area contributed by atoms with Crippen molar-refractivity contribution in [1.82, 2.24) is 0 Å². The Labute approximate surface area is 98.7 Å². The van der Waals surface area contributed by atoms with Crippen LogP contribution in [0, 0.1) is 11.8 Å². The molecule has 0 spiro atoms. The molecule has 1 rings (SSSR count). The van der Waals surface area contributed by atoms with Gasteiger partial charge in [0.25, 0.3) is 0 Å². The summed E-state index contributed by atoms with van der Waals surface area (Å²) in [6, 6.07) is 8.90. The van der Waals surface area contributed by atoms with Crippen molar-refractivity contribution in [3.8, 4) is 0 Å². The molecule has 0 aliphatic rings. The summed E-state index contributed by atoms with van der Waals surface area (Å²) in [5.41, 5.74) is 2.87. The second-order valence-corrected chi connectivity index (χ2v) is 5.19. The van der Waals surface area contributed by atoms with E-state index in [9.17, 15) is 0 Å². The predicted octanol–water partition coefficient (Wildman–Crippen LogP) is 4.30. The van der Waals surface area contributed by atoms with E-state index in [4.69, 9.17) is 11.6 Å². The summed E-state index contributed by atoms with van der Waals surface area (Å²) in [7, 11) is 0. The number of benzene rings is 1. The third-order valence-electron chi connectivity index (χ3n) is 2.48. The molecule has 0 aliphatic heterocycles. The molecule has 84 valence electrons. The summed E-state index contributed by atoms with van der Waals surface area (Å²) < 4.78 is 0. The van der Waals surface area contributed by atoms with Crippen LogP contribution in [0.2, 0.25) is 0 Å². The molecule has 0 aromatic heterocycles. The van der Waals surface area contributed by atoms with Gasteiger partial charge in [-0.1, -0.05) is 45.0 Å². The fourth-order valence-corrected chi connectivity index (χ4v) is 1.92. The maximum atomic E-state index is 5.83. The SMILES string of the molecule is CC(C)Cc1cccc(CC(C)CCl)c1. The zero-order valence-corrected chi connectivity index (χ0v) is 10.7. The summed E-state index contributed by atoms with van der Waals surface area (Å²) in [6.07, 6.45) is 2.26. The Kier molecular flexibility index (Phi) is 5.17. The van der Waals surface area contributed by atoms with Gasteiger partial charge in [-0.15, -0.1) is 11.6 Å². The van der Waals surface area contributed by atoms with Crippen molar-refractivity contribution < 1.29 is 0 Å². The van der Waals surface area contributed by atoms with E-state index in [-0.39, 0.29) is 0 Å². The minimum Gasteiger partial charge on any atom is -0.126 e. The van der Waals surface area contributed by atoms with Crippen molar-refractivity contribution in [1.29, 1.82) is 0 Å². The lowest BCUT2D eigenvalue weighted by atomic mass is 9.97. The van der Waals surface area contributed by atoms with Crippen LogP contribution in [0.25, 0.3) is 0 Å². The highest BCUT2D eigenvalue weighted by molar-refractivity contribution is 6.18. The Morgan fingerprint density at radius 3 is 2.20 bits per heavy atom. The molecule has 1 unspecified atom stereocenters. The molecule has 0 saturated heterocycles. The Bertz CT molecular complexity index is 291. The number of alkyl halides is 1. The van der Waals surface area contributed by atoms with Gasteiger partial charge in [0.05, 0.1) is 0 Å². The van der Waals surface area contributed by atoms with Gasteiger partial charge >= 0.3 is 0 Å². The van der Waals surface area contributed by atoms with Crippen molar-refractivity contribution in [2.75, 3.05) is 5.88 Å². The van der Waals surface area contributed by atoms with Crippen LogP contribution in [0.3, 0.4) is 0 Å². The molecule has 0 nitrogen and oxygen atoms in total. The third-order valence-corrected chi connectivity index (χ3v) is 3.01. The normalized spacial score (nSPS) is 13.1. The van der Waals surface area contributed by atoms with Crippen LogP contribution >= 0.6 is 11.6 Å². The summed E-state index contributed by atoms with van der Waals surface area (Å²) >= 11 is 5.83. The number of halogens is 1. The van der Waals surface area contributed by atoms with Gasteiger partial charge in [-0.25, -0.2) is 0 Å². The lowest BCUT2D eigenvalue weighted by Crippen LogP contribution is -2.02. The summed E-state index contributed by atoms with van der Waals surface area (Å²) in [6.45, 7) is 6.71. The van der Waals surface area contributed by atoms with Crippen LogP contribution in [-0.4, -0.2) is 5.88 Å². The smallest absolute Gasteiger partial charge is 0.0252 e. The molecule has 0 saturated carbocycles. The molecule has 0 aliphatic carbocycles. The molecule has 0 bridgehead atoms. The first kappa shape index (κ1) is 12.6. The maximum absolute atomic E-state index is 5.83. The van der Waals surface area contributed by atoms with Crippen molar-refractivity contribution >= 4 is 11.6 Å². The largest absolute Gasteiger partial charge is 0.126 e. The molecule has 0 N–H and O–H groups in total. The molecule has 1 heteroatoms. The average molecular weight is 225 g/mol. The lowest BCUT2D eigenvalue weighted by molar-refractivity contribution is 0.639. The van der Waals surface area contributed by atoms with E-state index in [1.54, 1.807) is 0 Å². The first-order valence-corrected chi connectivity index (χ1v) is 6.29. The Balaban J connectivity index is 2.65. The van der Waals surface area contributed by atoms with Crippen LogP contribution in [0.15, 0.2) is 24.3 Å². The molecule has 1 aromatic rings. The molecular formula is C14H21Cl. The fourth-order valence-electron chi connectivity index (χ4n) is 1.81. The first-order valence-electron chi connectivity index (χ1n) is 5.75. The van der Waals surface area contributed by atoms with E-state index in [1.807, 2.05) is 0 Å². The summed E-state index contributed by atoms with van der Waals surface area (Å²) in [5, 5.41) is 0. The van der Waals surface area contributed by atoms with E-state index in [1.165, 1.54) is 17.5 Å². The summed E-state index contributed by atoms with van der Waals surface area (Å²) in [5.74, 6) is 2.04. The molecule has 0 radical (unpaired) electrons. The predicted molar refractivity (Wildman–Crippen MR) is 68.6 cm³/mol. The minimum absolute atomic E-state index is 0.570. The Morgan fingerprint density at radius 2 is 1.67 bits per heavy atom. The van der Waals surface area contributed by atoms with E-state index >= 15 is 0 Å². The lowest BCUT2D eigenvalue weighted by Gasteiger charge is -2.10. The van der Waals surface area contributed by atoms with Gasteiger partial charge in [0, 0.05) is 5.88 Å². The number of hydrogen-bond donors (Lipinski definition) is 0. The standard InChI is InChI=1S/C14H21Cl/c1-11(2)7-13-5-4-6-14(9-13)8-12(3)10-15/h4-6,9,11-12H,7-8,10H2,1-3H3. The molecule has 1 aromatic carbocycles. The second-order valence-electron chi connectivity index (χ2n) is 4.88. The highest BCUT2D eigenvalue weighted by Gasteiger charge is 2.03. The molecule has 15 heavy (non-hydrogen) atoms. The Morgan fingerprint density at radius 1 is 1.07 bits per heavy atom. The molecule has 1 atom stereocenters. The van der Waals surface area contributed by atoms with Crippen LogP contribution in [0.1, 0.15) is 31.9 Å². The number of hydrogen-bond acceptors (Lipinski definition) is 0. The molecule has 0 fully saturated rings. The molecular weight excluding hydrogens is 204 g/mol. The maximum Gasteiger partial charge on any atom is 0.0252 e. The highest BCUT2D eigenvalue weighted by Crippen LogP contribution is 2.14. The topological polar surface area (TPSA) is 0 Å². The quantitative estimate of drug-likeness (QED) is 0.655. The monoisotopic (exact) mass is 224 g/mol. The van der Waals surface area contributed by atoms with Crippen LogP contribution in [0.5, 0.6) is 0 Å². The molecule has 0 heterocycles. The minimum atomic E-state index is 0.570. The van der Waals surface area contributed by atoms with Crippen LogP contribution in [-0.2, 0) is 12.8 Å². The van der Waals surface area contributed by atoms with Crippen molar-refractivity contribution in [3.05, 3.63) is 35.4 Å². The third kappa shape index (κ3) is 4.70.